The molecule has 0 saturated carbocycles. The summed E-state index contributed by atoms with van der Waals surface area (Å²) in [5.41, 5.74) is 0.762. The minimum Gasteiger partial charge on any atom is -0.246 e. The summed E-state index contributed by atoms with van der Waals surface area (Å²) >= 11 is 1.19. The maximum atomic E-state index is 10.4. The minimum absolute atomic E-state index is 0.289. The van der Waals surface area contributed by atoms with Gasteiger partial charge in [-0.15, -0.1) is 11.3 Å². The lowest BCUT2D eigenvalue weighted by atomic mass is 10.6. The molecule has 0 fully saturated rings. The molecule has 1 aromatic heterocycles. The van der Waals surface area contributed by atoms with E-state index in [2.05, 4.69) is 4.98 Å². The standard InChI is InChI=1S/C4H5ClN2O2S2/c1-3-2-10-4(6-3)7-11(5,8)9/h2H,1H3,(H,6,7). The Hall–Kier alpha value is -0.330. The molecule has 0 aromatic carbocycles. The highest BCUT2D eigenvalue weighted by atomic mass is 35.7. The van der Waals surface area contributed by atoms with Crippen LogP contribution in [-0.4, -0.2) is 13.4 Å². The van der Waals surface area contributed by atoms with Crippen LogP contribution in [0.2, 0.25) is 0 Å². The van der Waals surface area contributed by atoms with Crippen molar-refractivity contribution < 1.29 is 8.42 Å². The maximum Gasteiger partial charge on any atom is 0.320 e. The van der Waals surface area contributed by atoms with Crippen LogP contribution in [0.4, 0.5) is 5.13 Å². The molecule has 0 bridgehead atoms. The SMILES string of the molecule is Cc1csc(NS(=O)(=O)Cl)n1. The van der Waals surface area contributed by atoms with Gasteiger partial charge in [0.2, 0.25) is 0 Å². The largest absolute Gasteiger partial charge is 0.320 e. The fourth-order valence-electron chi connectivity index (χ4n) is 0.505. The van der Waals surface area contributed by atoms with Crippen LogP contribution in [0.1, 0.15) is 5.69 Å². The predicted octanol–water partition coefficient (Wildman–Crippen LogP) is 1.35. The van der Waals surface area contributed by atoms with Crippen LogP contribution in [0, 0.1) is 6.92 Å². The highest BCUT2D eigenvalue weighted by Gasteiger charge is 2.06. The second-order valence-electron chi connectivity index (χ2n) is 1.83. The highest BCUT2D eigenvalue weighted by molar-refractivity contribution is 8.14. The van der Waals surface area contributed by atoms with Crippen LogP contribution in [0.5, 0.6) is 0 Å². The zero-order chi connectivity index (χ0) is 8.48. The summed E-state index contributed by atoms with van der Waals surface area (Å²) in [5.74, 6) is 0. The van der Waals surface area contributed by atoms with Gasteiger partial charge in [0, 0.05) is 16.1 Å². The molecule has 0 radical (unpaired) electrons. The molecule has 1 N–H and O–H groups in total. The van der Waals surface area contributed by atoms with Crippen LogP contribution >= 0.6 is 22.0 Å². The van der Waals surface area contributed by atoms with Gasteiger partial charge >= 0.3 is 9.24 Å². The third kappa shape index (κ3) is 3.04. The van der Waals surface area contributed by atoms with Gasteiger partial charge in [-0.05, 0) is 6.92 Å². The van der Waals surface area contributed by atoms with E-state index in [1.54, 1.807) is 12.3 Å². The van der Waals surface area contributed by atoms with Gasteiger partial charge in [0.05, 0.1) is 5.69 Å². The molecular weight excluding hydrogens is 208 g/mol. The number of hydrogen-bond acceptors (Lipinski definition) is 4. The van der Waals surface area contributed by atoms with Crippen molar-refractivity contribution in [3.8, 4) is 0 Å². The van der Waals surface area contributed by atoms with Crippen LogP contribution in [0.25, 0.3) is 0 Å². The van der Waals surface area contributed by atoms with Crippen molar-refractivity contribution in [3.63, 3.8) is 0 Å². The van der Waals surface area contributed by atoms with Crippen molar-refractivity contribution in [1.29, 1.82) is 0 Å². The Morgan fingerprint density at radius 1 is 1.73 bits per heavy atom. The Labute approximate surface area is 72.8 Å². The number of rotatable bonds is 2. The van der Waals surface area contributed by atoms with Crippen molar-refractivity contribution in [2.75, 3.05) is 4.72 Å². The summed E-state index contributed by atoms with van der Waals surface area (Å²) in [5, 5.41) is 2.02. The van der Waals surface area contributed by atoms with E-state index in [4.69, 9.17) is 10.7 Å². The van der Waals surface area contributed by atoms with Crippen molar-refractivity contribution in [2.45, 2.75) is 6.92 Å². The molecule has 0 aliphatic carbocycles. The minimum atomic E-state index is -3.69. The molecule has 7 heteroatoms. The quantitative estimate of drug-likeness (QED) is 0.753. The molecule has 0 saturated heterocycles. The number of nitrogens with one attached hydrogen (secondary N) is 1. The zero-order valence-electron chi connectivity index (χ0n) is 5.54. The van der Waals surface area contributed by atoms with Gasteiger partial charge in [-0.2, -0.15) is 8.42 Å². The van der Waals surface area contributed by atoms with E-state index >= 15 is 0 Å². The molecule has 11 heavy (non-hydrogen) atoms. The van der Waals surface area contributed by atoms with Gasteiger partial charge in [0.25, 0.3) is 0 Å². The predicted molar refractivity (Wildman–Crippen MR) is 45.2 cm³/mol. The van der Waals surface area contributed by atoms with E-state index in [-0.39, 0.29) is 5.13 Å². The summed E-state index contributed by atoms with van der Waals surface area (Å²) < 4.78 is 22.9. The molecule has 0 aliphatic rings. The smallest absolute Gasteiger partial charge is 0.246 e. The normalized spacial score (nSPS) is 11.5. The third-order valence-electron chi connectivity index (χ3n) is 0.828. The molecule has 0 unspecified atom stereocenters. The summed E-state index contributed by atoms with van der Waals surface area (Å²) in [4.78, 5) is 3.84. The molecular formula is C4H5ClN2O2S2. The Kier molecular flexibility index (Phi) is 2.36. The fraction of sp³-hybridized carbons (Fsp3) is 0.250. The molecule has 4 nitrogen and oxygen atoms in total. The lowest BCUT2D eigenvalue weighted by molar-refractivity contribution is 0.614. The number of thiazole rings is 1. The van der Waals surface area contributed by atoms with E-state index in [1.165, 1.54) is 11.3 Å². The fourth-order valence-corrected chi connectivity index (χ4v) is 2.17. The number of anilines is 1. The van der Waals surface area contributed by atoms with Gasteiger partial charge in [-0.25, -0.2) is 9.71 Å². The molecule has 1 aromatic rings. The van der Waals surface area contributed by atoms with Crippen LogP contribution < -0.4 is 4.72 Å². The molecule has 0 aliphatic heterocycles. The first-order valence-electron chi connectivity index (χ1n) is 2.62. The Balaban J connectivity index is 2.81. The van der Waals surface area contributed by atoms with E-state index < -0.39 is 9.24 Å². The van der Waals surface area contributed by atoms with Gasteiger partial charge in [0.1, 0.15) is 0 Å². The topological polar surface area (TPSA) is 59.1 Å². The highest BCUT2D eigenvalue weighted by Crippen LogP contribution is 2.16. The maximum absolute atomic E-state index is 10.4. The molecule has 0 atom stereocenters. The zero-order valence-corrected chi connectivity index (χ0v) is 7.92. The van der Waals surface area contributed by atoms with Crippen molar-refractivity contribution in [2.24, 2.45) is 0 Å². The molecule has 1 rings (SSSR count). The van der Waals surface area contributed by atoms with Crippen molar-refractivity contribution in [1.82, 2.24) is 4.98 Å². The summed E-state index contributed by atoms with van der Waals surface area (Å²) in [6.07, 6.45) is 0. The number of hydrogen-bond donors (Lipinski definition) is 1. The van der Waals surface area contributed by atoms with E-state index in [9.17, 15) is 8.42 Å². The molecule has 1 heterocycles. The summed E-state index contributed by atoms with van der Waals surface area (Å²) in [7, 11) is 1.21. The first-order chi connectivity index (χ1) is 4.97. The molecule has 0 spiro atoms. The summed E-state index contributed by atoms with van der Waals surface area (Å²) in [6, 6.07) is 0. The van der Waals surface area contributed by atoms with Crippen molar-refractivity contribution >= 4 is 36.4 Å². The monoisotopic (exact) mass is 212 g/mol. The average molecular weight is 213 g/mol. The lowest BCUT2D eigenvalue weighted by Gasteiger charge is -1.93. The average Bonchev–Trinajstić information content (AvgIpc) is 2.10. The second kappa shape index (κ2) is 2.96. The van der Waals surface area contributed by atoms with Crippen LogP contribution in [0.3, 0.4) is 0 Å². The number of aryl methyl sites for hydroxylation is 1. The van der Waals surface area contributed by atoms with Crippen LogP contribution in [-0.2, 0) is 9.24 Å². The Bertz CT molecular complexity index is 345. The van der Waals surface area contributed by atoms with E-state index in [1.807, 2.05) is 4.72 Å². The van der Waals surface area contributed by atoms with Gasteiger partial charge < -0.3 is 0 Å². The molecule has 62 valence electrons. The Morgan fingerprint density at radius 3 is 2.73 bits per heavy atom. The van der Waals surface area contributed by atoms with Gasteiger partial charge in [0.15, 0.2) is 5.13 Å². The van der Waals surface area contributed by atoms with Gasteiger partial charge in [-0.3, -0.25) is 0 Å². The lowest BCUT2D eigenvalue weighted by Crippen LogP contribution is -2.03. The number of aromatic nitrogens is 1. The number of halogens is 1. The van der Waals surface area contributed by atoms with Crippen LogP contribution in [0.15, 0.2) is 5.38 Å². The van der Waals surface area contributed by atoms with Crippen molar-refractivity contribution in [3.05, 3.63) is 11.1 Å². The summed E-state index contributed by atoms with van der Waals surface area (Å²) in [6.45, 7) is 1.77. The number of nitrogens with zero attached hydrogens (tertiary/aromatic N) is 1. The third-order valence-corrected chi connectivity index (χ3v) is 2.50. The molecule has 0 amide bonds. The first kappa shape index (κ1) is 8.76. The Morgan fingerprint density at radius 2 is 2.36 bits per heavy atom. The first-order valence-corrected chi connectivity index (χ1v) is 5.81. The van der Waals surface area contributed by atoms with E-state index in [0.29, 0.717) is 0 Å². The second-order valence-corrected chi connectivity index (χ2v) is 4.99. The van der Waals surface area contributed by atoms with E-state index in [0.717, 1.165) is 5.69 Å². The van der Waals surface area contributed by atoms with Gasteiger partial charge in [-0.1, -0.05) is 0 Å².